The van der Waals surface area contributed by atoms with Crippen LogP contribution in [0.4, 0.5) is 4.39 Å². The fourth-order valence-electron chi connectivity index (χ4n) is 2.47. The lowest BCUT2D eigenvalue weighted by Crippen LogP contribution is -2.25. The molecule has 0 N–H and O–H groups in total. The fourth-order valence-corrected chi connectivity index (χ4v) is 2.47. The number of benzene rings is 2. The van der Waals surface area contributed by atoms with Crippen molar-refractivity contribution in [2.75, 3.05) is 7.11 Å². The third kappa shape index (κ3) is 3.22. The third-order valence-electron chi connectivity index (χ3n) is 3.64. The average Bonchev–Trinajstić information content (AvgIpc) is 2.59. The molecule has 5 nitrogen and oxygen atoms in total. The Labute approximate surface area is 138 Å². The summed E-state index contributed by atoms with van der Waals surface area (Å²) in [7, 11) is 1.57. The molecule has 1 unspecified atom stereocenters. The largest absolute Gasteiger partial charge is 0.497 e. The molecule has 0 bridgehead atoms. The summed E-state index contributed by atoms with van der Waals surface area (Å²) in [6.07, 6.45) is 0.347. The Hall–Kier alpha value is -2.89. The summed E-state index contributed by atoms with van der Waals surface area (Å²) in [5.41, 5.74) is 1.13. The molecule has 0 radical (unpaired) electrons. The number of hydrogen-bond donors (Lipinski definition) is 0. The first-order valence-corrected chi connectivity index (χ1v) is 7.46. The smallest absolute Gasteiger partial charge is 0.368 e. The minimum atomic E-state index is -0.838. The number of carbonyl (C=O) groups excluding carboxylic acids is 1. The molecular weight excluding hydrogens is 313 g/mol. The van der Waals surface area contributed by atoms with E-state index in [1.54, 1.807) is 31.4 Å². The number of fused-ring (bicyclic) bond motifs is 1. The van der Waals surface area contributed by atoms with Crippen molar-refractivity contribution >= 4 is 11.7 Å². The topological polar surface area (TPSA) is 57.1 Å². The van der Waals surface area contributed by atoms with Gasteiger partial charge in [0.2, 0.25) is 0 Å². The highest BCUT2D eigenvalue weighted by atomic mass is 19.1. The molecule has 0 spiro atoms. The molecule has 6 heteroatoms. The van der Waals surface area contributed by atoms with Gasteiger partial charge in [-0.25, -0.2) is 9.18 Å². The number of hydrogen-bond acceptors (Lipinski definition) is 5. The predicted octanol–water partition coefficient (Wildman–Crippen LogP) is 3.57. The van der Waals surface area contributed by atoms with Gasteiger partial charge in [-0.05, 0) is 31.2 Å². The van der Waals surface area contributed by atoms with Gasteiger partial charge in [-0.15, -0.1) is 0 Å². The molecule has 1 atom stereocenters. The van der Waals surface area contributed by atoms with Gasteiger partial charge in [-0.1, -0.05) is 17.3 Å². The minimum absolute atomic E-state index is 0.129. The first-order chi connectivity index (χ1) is 11.6. The molecule has 2 aromatic carbocycles. The second kappa shape index (κ2) is 6.70. The van der Waals surface area contributed by atoms with Gasteiger partial charge in [-0.3, -0.25) is 0 Å². The molecule has 1 heterocycles. The van der Waals surface area contributed by atoms with Crippen LogP contribution >= 0.6 is 0 Å². The van der Waals surface area contributed by atoms with E-state index < -0.39 is 11.8 Å². The van der Waals surface area contributed by atoms with Crippen LogP contribution in [0.5, 0.6) is 11.5 Å². The van der Waals surface area contributed by atoms with Crippen LogP contribution in [0.3, 0.4) is 0 Å². The molecular formula is C18H16FNO4. The Morgan fingerprint density at radius 3 is 2.83 bits per heavy atom. The second-order valence-electron chi connectivity index (χ2n) is 5.39. The summed E-state index contributed by atoms with van der Waals surface area (Å²) < 4.78 is 24.5. The van der Waals surface area contributed by atoms with Crippen LogP contribution in [0, 0.1) is 5.82 Å². The molecule has 1 aliphatic rings. The van der Waals surface area contributed by atoms with E-state index in [-0.39, 0.29) is 11.7 Å². The lowest BCUT2D eigenvalue weighted by atomic mass is 10.0. The maximum absolute atomic E-state index is 13.6. The van der Waals surface area contributed by atoms with E-state index in [1.165, 1.54) is 18.2 Å². The zero-order valence-corrected chi connectivity index (χ0v) is 13.3. The number of carbonyl (C=O) groups is 1. The Morgan fingerprint density at radius 1 is 1.29 bits per heavy atom. The molecule has 0 aliphatic carbocycles. The van der Waals surface area contributed by atoms with Crippen molar-refractivity contribution in [1.82, 2.24) is 0 Å². The van der Waals surface area contributed by atoms with Crippen LogP contribution in [0.15, 0.2) is 47.6 Å². The molecule has 24 heavy (non-hydrogen) atoms. The highest BCUT2D eigenvalue weighted by Crippen LogP contribution is 2.31. The van der Waals surface area contributed by atoms with Crippen molar-refractivity contribution < 1.29 is 23.5 Å². The van der Waals surface area contributed by atoms with Crippen LogP contribution in [0.25, 0.3) is 0 Å². The van der Waals surface area contributed by atoms with Crippen molar-refractivity contribution in [3.05, 3.63) is 59.4 Å². The van der Waals surface area contributed by atoms with Crippen molar-refractivity contribution in [3.8, 4) is 11.5 Å². The normalized spacial score (nSPS) is 17.8. The highest BCUT2D eigenvalue weighted by Gasteiger charge is 2.24. The van der Waals surface area contributed by atoms with Gasteiger partial charge in [-0.2, -0.15) is 0 Å². The number of ether oxygens (including phenoxy) is 2. The lowest BCUT2D eigenvalue weighted by Gasteiger charge is -2.24. The third-order valence-corrected chi connectivity index (χ3v) is 3.64. The Balaban J connectivity index is 1.86. The van der Waals surface area contributed by atoms with Crippen molar-refractivity contribution in [1.29, 1.82) is 0 Å². The second-order valence-corrected chi connectivity index (χ2v) is 5.39. The first-order valence-electron chi connectivity index (χ1n) is 7.46. The first kappa shape index (κ1) is 16.0. The van der Waals surface area contributed by atoms with E-state index in [9.17, 15) is 9.18 Å². The number of halogens is 1. The molecule has 0 saturated carbocycles. The summed E-state index contributed by atoms with van der Waals surface area (Å²) >= 11 is 0. The van der Waals surface area contributed by atoms with Crippen molar-refractivity contribution in [2.45, 2.75) is 19.4 Å². The zero-order chi connectivity index (χ0) is 17.1. The molecule has 0 aromatic heterocycles. The van der Waals surface area contributed by atoms with Crippen LogP contribution in [0.2, 0.25) is 0 Å². The van der Waals surface area contributed by atoms with Crippen LogP contribution in [-0.2, 0) is 4.84 Å². The lowest BCUT2D eigenvalue weighted by molar-refractivity contribution is 0.0507. The fraction of sp³-hybridized carbons (Fsp3) is 0.222. The predicted molar refractivity (Wildman–Crippen MR) is 86.1 cm³/mol. The Bertz CT molecular complexity index is 803. The highest BCUT2D eigenvalue weighted by molar-refractivity contribution is 6.04. The zero-order valence-electron chi connectivity index (χ0n) is 13.3. The van der Waals surface area contributed by atoms with Gasteiger partial charge in [0.05, 0.1) is 18.4 Å². The van der Waals surface area contributed by atoms with E-state index in [4.69, 9.17) is 14.3 Å². The SMILES string of the molecule is COc1ccc2c(c1)OC(C)CC2=NOC(=O)c1ccccc1F. The van der Waals surface area contributed by atoms with E-state index >= 15 is 0 Å². The number of rotatable bonds is 3. The molecule has 124 valence electrons. The van der Waals surface area contributed by atoms with Gasteiger partial charge >= 0.3 is 5.97 Å². The van der Waals surface area contributed by atoms with E-state index in [0.717, 1.165) is 5.56 Å². The quantitative estimate of drug-likeness (QED) is 0.638. The monoisotopic (exact) mass is 329 g/mol. The van der Waals surface area contributed by atoms with Gasteiger partial charge in [0.1, 0.15) is 23.4 Å². The van der Waals surface area contributed by atoms with E-state index in [0.29, 0.717) is 23.6 Å². The molecule has 0 amide bonds. The maximum atomic E-state index is 13.6. The van der Waals surface area contributed by atoms with Crippen LogP contribution in [-0.4, -0.2) is 24.9 Å². The van der Waals surface area contributed by atoms with Gasteiger partial charge in [0.25, 0.3) is 0 Å². The average molecular weight is 329 g/mol. The molecule has 3 rings (SSSR count). The number of oxime groups is 1. The van der Waals surface area contributed by atoms with Crippen molar-refractivity contribution in [2.24, 2.45) is 5.16 Å². The molecule has 2 aromatic rings. The van der Waals surface area contributed by atoms with Crippen molar-refractivity contribution in [3.63, 3.8) is 0 Å². The van der Waals surface area contributed by atoms with Gasteiger partial charge in [0, 0.05) is 18.1 Å². The molecule has 1 aliphatic heterocycles. The summed E-state index contributed by atoms with van der Waals surface area (Å²) in [6.45, 7) is 1.89. The standard InChI is InChI=1S/C18H16FNO4/c1-11-9-16(14-8-7-12(22-2)10-17(14)23-11)20-24-18(21)13-5-3-4-6-15(13)19/h3-8,10-11H,9H2,1-2H3. The molecule has 0 saturated heterocycles. The van der Waals surface area contributed by atoms with Crippen LogP contribution < -0.4 is 9.47 Å². The summed E-state index contributed by atoms with van der Waals surface area (Å²) in [5.74, 6) is -0.220. The van der Waals surface area contributed by atoms with Gasteiger partial charge in [0.15, 0.2) is 0 Å². The Morgan fingerprint density at radius 2 is 2.08 bits per heavy atom. The Kier molecular flexibility index (Phi) is 4.46. The summed E-state index contributed by atoms with van der Waals surface area (Å²) in [6, 6.07) is 10.9. The van der Waals surface area contributed by atoms with E-state index in [1.807, 2.05) is 6.92 Å². The van der Waals surface area contributed by atoms with E-state index in [2.05, 4.69) is 5.16 Å². The van der Waals surface area contributed by atoms with Crippen LogP contribution in [0.1, 0.15) is 29.3 Å². The summed E-state index contributed by atoms with van der Waals surface area (Å²) in [5, 5.41) is 3.93. The van der Waals surface area contributed by atoms with Gasteiger partial charge < -0.3 is 14.3 Å². The minimum Gasteiger partial charge on any atom is -0.497 e. The molecule has 0 fully saturated rings. The number of nitrogens with zero attached hydrogens (tertiary/aromatic N) is 1. The maximum Gasteiger partial charge on any atom is 0.368 e. The number of methoxy groups -OCH3 is 1. The summed E-state index contributed by atoms with van der Waals surface area (Å²) in [4.78, 5) is 16.9.